The van der Waals surface area contributed by atoms with Gasteiger partial charge in [0.25, 0.3) is 0 Å². The number of halogens is 1. The molecule has 2 fully saturated rings. The minimum atomic E-state index is -0.499. The highest BCUT2D eigenvalue weighted by molar-refractivity contribution is 6.30. The minimum Gasteiger partial charge on any atom is -0.441 e. The SMILES string of the molecule is C[C@]1(Cn2cnc3ccc(C#N)cc32)CCC[C@@]2(CN(c3cccc(Cl)c3)C(=O)O2)C1. The monoisotopic (exact) mass is 434 g/mol. The normalized spacial score (nSPS) is 25.7. The first-order valence-electron chi connectivity index (χ1n) is 10.5. The van der Waals surface area contributed by atoms with Crippen molar-refractivity contribution < 1.29 is 9.53 Å². The number of anilines is 1. The number of carbonyl (C=O) groups excluding carboxylic acids is 1. The van der Waals surface area contributed by atoms with E-state index in [-0.39, 0.29) is 11.5 Å². The predicted octanol–water partition coefficient (Wildman–Crippen LogP) is 5.54. The van der Waals surface area contributed by atoms with Gasteiger partial charge in [0.05, 0.1) is 35.5 Å². The maximum Gasteiger partial charge on any atom is 0.415 e. The Hall–Kier alpha value is -3.04. The zero-order valence-electron chi connectivity index (χ0n) is 17.3. The van der Waals surface area contributed by atoms with E-state index in [1.807, 2.05) is 30.6 Å². The summed E-state index contributed by atoms with van der Waals surface area (Å²) < 4.78 is 8.14. The smallest absolute Gasteiger partial charge is 0.415 e. The summed E-state index contributed by atoms with van der Waals surface area (Å²) in [5, 5.41) is 9.86. The van der Waals surface area contributed by atoms with Crippen molar-refractivity contribution in [1.82, 2.24) is 9.55 Å². The molecule has 1 saturated heterocycles. The molecule has 158 valence electrons. The number of aromatic nitrogens is 2. The van der Waals surface area contributed by atoms with E-state index in [1.165, 1.54) is 0 Å². The van der Waals surface area contributed by atoms with E-state index in [2.05, 4.69) is 22.5 Å². The first-order chi connectivity index (χ1) is 14.9. The zero-order chi connectivity index (χ0) is 21.6. The number of amides is 1. The summed E-state index contributed by atoms with van der Waals surface area (Å²) in [6, 6.07) is 15.1. The van der Waals surface area contributed by atoms with Crippen LogP contribution in [-0.2, 0) is 11.3 Å². The van der Waals surface area contributed by atoms with Crippen LogP contribution < -0.4 is 4.90 Å². The van der Waals surface area contributed by atoms with Crippen LogP contribution in [-0.4, -0.2) is 27.8 Å². The van der Waals surface area contributed by atoms with Crippen molar-refractivity contribution in [2.24, 2.45) is 5.41 Å². The Morgan fingerprint density at radius 1 is 1.26 bits per heavy atom. The van der Waals surface area contributed by atoms with Crippen molar-refractivity contribution in [3.05, 3.63) is 59.4 Å². The van der Waals surface area contributed by atoms with E-state index in [4.69, 9.17) is 16.3 Å². The summed E-state index contributed by atoms with van der Waals surface area (Å²) in [5.74, 6) is 0. The van der Waals surface area contributed by atoms with Crippen molar-refractivity contribution in [3.8, 4) is 6.07 Å². The van der Waals surface area contributed by atoms with Gasteiger partial charge >= 0.3 is 6.09 Å². The van der Waals surface area contributed by atoms with Gasteiger partial charge in [0.1, 0.15) is 5.60 Å². The molecule has 2 aliphatic rings. The van der Waals surface area contributed by atoms with Crippen molar-refractivity contribution in [2.75, 3.05) is 11.4 Å². The van der Waals surface area contributed by atoms with Gasteiger partial charge < -0.3 is 9.30 Å². The fourth-order valence-corrected chi connectivity index (χ4v) is 5.46. The quantitative estimate of drug-likeness (QED) is 0.542. The maximum atomic E-state index is 12.7. The lowest BCUT2D eigenvalue weighted by Gasteiger charge is -2.43. The fourth-order valence-electron chi connectivity index (χ4n) is 5.28. The number of nitriles is 1. The number of hydrogen-bond donors (Lipinski definition) is 0. The maximum absolute atomic E-state index is 12.7. The van der Waals surface area contributed by atoms with Crippen LogP contribution in [0.25, 0.3) is 11.0 Å². The van der Waals surface area contributed by atoms with Crippen molar-refractivity contribution in [2.45, 2.75) is 44.8 Å². The average Bonchev–Trinajstić information content (AvgIpc) is 3.27. The lowest BCUT2D eigenvalue weighted by Crippen LogP contribution is -2.45. The third-order valence-corrected chi connectivity index (χ3v) is 6.79. The first-order valence-corrected chi connectivity index (χ1v) is 10.9. The van der Waals surface area contributed by atoms with Crippen LogP contribution in [0.1, 0.15) is 38.2 Å². The molecular formula is C24H23ClN4O2. The largest absolute Gasteiger partial charge is 0.441 e. The van der Waals surface area contributed by atoms with Gasteiger partial charge in [0, 0.05) is 17.3 Å². The van der Waals surface area contributed by atoms with Gasteiger partial charge in [-0.05, 0) is 67.5 Å². The Bertz CT molecular complexity index is 1220. The molecule has 7 heteroatoms. The number of imidazole rings is 1. The number of hydrogen-bond acceptors (Lipinski definition) is 4. The summed E-state index contributed by atoms with van der Waals surface area (Å²) in [6.45, 7) is 3.55. The van der Waals surface area contributed by atoms with E-state index < -0.39 is 5.60 Å². The lowest BCUT2D eigenvalue weighted by molar-refractivity contribution is -0.0264. The standard InChI is InChI=1S/C24H23ClN4O2/c1-23(14-28-16-27-20-7-6-17(12-26)10-21(20)28)8-3-9-24(13-23)15-29(22(30)31-24)19-5-2-4-18(25)11-19/h2,4-7,10-11,16H,3,8-9,13-15H2,1H3/t23-,24-/m0/s1. The van der Waals surface area contributed by atoms with E-state index in [0.29, 0.717) is 17.1 Å². The Morgan fingerprint density at radius 3 is 2.94 bits per heavy atom. The molecule has 6 nitrogen and oxygen atoms in total. The highest BCUT2D eigenvalue weighted by Gasteiger charge is 2.51. The molecule has 1 aromatic heterocycles. The van der Waals surface area contributed by atoms with Crippen LogP contribution in [0.15, 0.2) is 48.8 Å². The average molecular weight is 435 g/mol. The molecule has 2 aromatic carbocycles. The third kappa shape index (κ3) is 3.64. The highest BCUT2D eigenvalue weighted by atomic mass is 35.5. The minimum absolute atomic E-state index is 0.0564. The summed E-state index contributed by atoms with van der Waals surface area (Å²) in [7, 11) is 0. The molecule has 1 saturated carbocycles. The van der Waals surface area contributed by atoms with Crippen LogP contribution in [0.5, 0.6) is 0 Å². The van der Waals surface area contributed by atoms with Gasteiger partial charge in [-0.3, -0.25) is 4.90 Å². The van der Waals surface area contributed by atoms with Gasteiger partial charge in [-0.1, -0.05) is 24.6 Å². The number of carbonyl (C=O) groups is 1. The second kappa shape index (κ2) is 7.28. The molecule has 2 heterocycles. The second-order valence-corrected chi connectivity index (χ2v) is 9.58. The molecular weight excluding hydrogens is 412 g/mol. The Morgan fingerprint density at radius 2 is 2.13 bits per heavy atom. The molecule has 0 N–H and O–H groups in total. The topological polar surface area (TPSA) is 71.2 Å². The molecule has 1 spiro atoms. The van der Waals surface area contributed by atoms with E-state index >= 15 is 0 Å². The summed E-state index contributed by atoms with van der Waals surface area (Å²) >= 11 is 6.13. The van der Waals surface area contributed by atoms with Gasteiger partial charge in [-0.2, -0.15) is 5.26 Å². The molecule has 1 aliphatic carbocycles. The molecule has 1 aliphatic heterocycles. The number of rotatable bonds is 3. The van der Waals surface area contributed by atoms with Crippen LogP contribution >= 0.6 is 11.6 Å². The number of fused-ring (bicyclic) bond motifs is 1. The lowest BCUT2D eigenvalue weighted by atomic mass is 9.68. The molecule has 5 rings (SSSR count). The molecule has 1 amide bonds. The van der Waals surface area contributed by atoms with E-state index in [9.17, 15) is 10.1 Å². The molecule has 2 atom stereocenters. The first kappa shape index (κ1) is 19.9. The van der Waals surface area contributed by atoms with Gasteiger partial charge in [-0.15, -0.1) is 0 Å². The summed E-state index contributed by atoms with van der Waals surface area (Å²) in [4.78, 5) is 18.9. The Labute approximate surface area is 186 Å². The molecule has 0 bridgehead atoms. The second-order valence-electron chi connectivity index (χ2n) is 9.15. The van der Waals surface area contributed by atoms with Crippen LogP contribution in [0.4, 0.5) is 10.5 Å². The van der Waals surface area contributed by atoms with Crippen LogP contribution in [0.2, 0.25) is 5.02 Å². The van der Waals surface area contributed by atoms with Crippen molar-refractivity contribution in [1.29, 1.82) is 5.26 Å². The molecule has 0 radical (unpaired) electrons. The summed E-state index contributed by atoms with van der Waals surface area (Å²) in [6.07, 6.45) is 5.20. The van der Waals surface area contributed by atoms with Gasteiger partial charge in [0.15, 0.2) is 0 Å². The Kier molecular flexibility index (Phi) is 4.67. The number of nitrogens with zero attached hydrogens (tertiary/aromatic N) is 4. The molecule has 31 heavy (non-hydrogen) atoms. The molecule has 3 aromatic rings. The van der Waals surface area contributed by atoms with Crippen LogP contribution in [0, 0.1) is 16.7 Å². The van der Waals surface area contributed by atoms with Crippen molar-refractivity contribution in [3.63, 3.8) is 0 Å². The van der Waals surface area contributed by atoms with Gasteiger partial charge in [-0.25, -0.2) is 9.78 Å². The van der Waals surface area contributed by atoms with E-state index in [0.717, 1.165) is 48.9 Å². The third-order valence-electron chi connectivity index (χ3n) is 6.55. The van der Waals surface area contributed by atoms with Crippen LogP contribution in [0.3, 0.4) is 0 Å². The van der Waals surface area contributed by atoms with Crippen molar-refractivity contribution >= 4 is 34.4 Å². The predicted molar refractivity (Wildman–Crippen MR) is 119 cm³/mol. The van der Waals surface area contributed by atoms with E-state index in [1.54, 1.807) is 23.1 Å². The summed E-state index contributed by atoms with van der Waals surface area (Å²) in [5.41, 5.74) is 2.68. The molecule has 0 unspecified atom stereocenters. The Balaban J connectivity index is 1.40. The zero-order valence-corrected chi connectivity index (χ0v) is 18.1. The van der Waals surface area contributed by atoms with Gasteiger partial charge in [0.2, 0.25) is 0 Å². The highest BCUT2D eigenvalue weighted by Crippen LogP contribution is 2.48. The number of benzene rings is 2. The number of ether oxygens (including phenoxy) is 1. The fraction of sp³-hybridized carbons (Fsp3) is 0.375.